The summed E-state index contributed by atoms with van der Waals surface area (Å²) in [6.45, 7) is 0. The summed E-state index contributed by atoms with van der Waals surface area (Å²) in [7, 11) is 0. The van der Waals surface area contributed by atoms with Gasteiger partial charge in [-0.1, -0.05) is 30.4 Å². The van der Waals surface area contributed by atoms with Crippen molar-refractivity contribution in [3.8, 4) is 5.82 Å². The van der Waals surface area contributed by atoms with Crippen LogP contribution in [0.25, 0.3) is 16.7 Å². The van der Waals surface area contributed by atoms with Gasteiger partial charge in [0, 0.05) is 17.1 Å². The molecule has 104 valence electrons. The molecule has 0 saturated heterocycles. The van der Waals surface area contributed by atoms with Crippen molar-refractivity contribution in [2.75, 3.05) is 0 Å². The minimum atomic E-state index is -0.545. The van der Waals surface area contributed by atoms with Crippen molar-refractivity contribution in [1.82, 2.24) is 14.8 Å². The molecule has 3 rings (SSSR count). The van der Waals surface area contributed by atoms with Crippen molar-refractivity contribution in [2.24, 2.45) is 11.5 Å². The molecule has 0 aliphatic rings. The molecule has 0 radical (unpaired) electrons. The van der Waals surface area contributed by atoms with Gasteiger partial charge in [0.15, 0.2) is 5.82 Å². The van der Waals surface area contributed by atoms with Gasteiger partial charge in [-0.3, -0.25) is 4.79 Å². The highest BCUT2D eigenvalue weighted by molar-refractivity contribution is 7.80. The average Bonchev–Trinajstić information content (AvgIpc) is 2.96. The Kier molecular flexibility index (Phi) is 3.11. The first kappa shape index (κ1) is 13.2. The number of nitrogens with zero attached hydrogens (tertiary/aromatic N) is 3. The van der Waals surface area contributed by atoms with Gasteiger partial charge in [0.05, 0.1) is 17.3 Å². The highest BCUT2D eigenvalue weighted by atomic mass is 32.1. The van der Waals surface area contributed by atoms with E-state index < -0.39 is 5.91 Å². The number of benzene rings is 1. The zero-order valence-corrected chi connectivity index (χ0v) is 11.7. The molecule has 0 fully saturated rings. The van der Waals surface area contributed by atoms with E-state index in [1.165, 1.54) is 17.1 Å². The minimum Gasteiger partial charge on any atom is -0.389 e. The van der Waals surface area contributed by atoms with Gasteiger partial charge >= 0.3 is 0 Å². The lowest BCUT2D eigenvalue weighted by atomic mass is 10.1. The third-order valence-electron chi connectivity index (χ3n) is 3.07. The quantitative estimate of drug-likeness (QED) is 0.706. The molecule has 0 unspecified atom stereocenters. The molecule has 0 spiro atoms. The number of para-hydroxylation sites is 1. The third-order valence-corrected chi connectivity index (χ3v) is 3.29. The van der Waals surface area contributed by atoms with E-state index >= 15 is 0 Å². The number of fused-ring (bicyclic) bond motifs is 1. The van der Waals surface area contributed by atoms with Crippen LogP contribution in [0.15, 0.2) is 42.7 Å². The Hall–Kier alpha value is -2.80. The first-order valence-electron chi connectivity index (χ1n) is 6.10. The number of hydrogen-bond acceptors (Lipinski definition) is 4. The van der Waals surface area contributed by atoms with Gasteiger partial charge in [0.2, 0.25) is 0 Å². The van der Waals surface area contributed by atoms with Crippen LogP contribution in [0.4, 0.5) is 0 Å². The summed E-state index contributed by atoms with van der Waals surface area (Å²) < 4.78 is 1.47. The van der Waals surface area contributed by atoms with E-state index in [1.54, 1.807) is 6.07 Å². The number of nitrogens with two attached hydrogens (primary N) is 2. The molecular weight excluding hydrogens is 286 g/mol. The third kappa shape index (κ3) is 2.34. The summed E-state index contributed by atoms with van der Waals surface area (Å²) in [5.74, 6) is -0.0272. The Morgan fingerprint density at radius 1 is 1.24 bits per heavy atom. The fourth-order valence-electron chi connectivity index (χ4n) is 2.06. The maximum absolute atomic E-state index is 11.1. The molecule has 6 nitrogen and oxygen atoms in total. The number of pyridine rings is 1. The Morgan fingerprint density at radius 2 is 2.00 bits per heavy atom. The second kappa shape index (κ2) is 4.95. The lowest BCUT2D eigenvalue weighted by molar-refractivity contribution is 0.100. The number of thiocarbonyl (C=S) groups is 1. The largest absolute Gasteiger partial charge is 0.389 e. The van der Waals surface area contributed by atoms with Gasteiger partial charge in [-0.25, -0.2) is 9.67 Å². The maximum Gasteiger partial charge on any atom is 0.251 e. The number of amides is 1. The predicted molar refractivity (Wildman–Crippen MR) is 83.3 cm³/mol. The van der Waals surface area contributed by atoms with Crippen LogP contribution in [0.5, 0.6) is 0 Å². The molecule has 0 atom stereocenters. The van der Waals surface area contributed by atoms with Crippen LogP contribution in [-0.4, -0.2) is 25.7 Å². The summed E-state index contributed by atoms with van der Waals surface area (Å²) in [5.41, 5.74) is 12.8. The second-order valence-electron chi connectivity index (χ2n) is 4.45. The first-order chi connectivity index (χ1) is 10.1. The van der Waals surface area contributed by atoms with E-state index in [4.69, 9.17) is 23.7 Å². The predicted octanol–water partition coefficient (Wildman–Crippen LogP) is 1.15. The van der Waals surface area contributed by atoms with Crippen molar-refractivity contribution < 1.29 is 4.79 Å². The number of carbonyl (C=O) groups excluding carboxylic acids is 1. The van der Waals surface area contributed by atoms with Crippen molar-refractivity contribution >= 4 is 34.0 Å². The summed E-state index contributed by atoms with van der Waals surface area (Å²) >= 11 is 5.09. The number of rotatable bonds is 3. The molecule has 0 bridgehead atoms. The van der Waals surface area contributed by atoms with Crippen molar-refractivity contribution in [3.05, 3.63) is 53.9 Å². The summed E-state index contributed by atoms with van der Waals surface area (Å²) in [5, 5.41) is 4.96. The van der Waals surface area contributed by atoms with Gasteiger partial charge < -0.3 is 11.5 Å². The minimum absolute atomic E-state index is 0.275. The Balaban J connectivity index is 2.23. The van der Waals surface area contributed by atoms with Crippen LogP contribution >= 0.6 is 12.2 Å². The summed E-state index contributed by atoms with van der Waals surface area (Å²) in [4.78, 5) is 15.9. The maximum atomic E-state index is 11.1. The normalized spacial score (nSPS) is 10.7. The van der Waals surface area contributed by atoms with E-state index in [2.05, 4.69) is 10.1 Å². The standard InChI is InChI=1S/C14H11N5OS/c15-13(20)8-6-17-19(7-8)12-5-10(14(16)21)9-3-1-2-4-11(9)18-12/h1-7H,(H2,15,20)(H2,16,21). The van der Waals surface area contributed by atoms with E-state index in [9.17, 15) is 4.79 Å². The summed E-state index contributed by atoms with van der Waals surface area (Å²) in [6, 6.07) is 9.27. The molecule has 4 N–H and O–H groups in total. The fourth-order valence-corrected chi connectivity index (χ4v) is 2.23. The lowest BCUT2D eigenvalue weighted by Gasteiger charge is -2.08. The SMILES string of the molecule is NC(=O)c1cnn(-c2cc(C(N)=S)c3ccccc3n2)c1. The van der Waals surface area contributed by atoms with E-state index in [0.29, 0.717) is 16.9 Å². The van der Waals surface area contributed by atoms with Crippen LogP contribution in [-0.2, 0) is 0 Å². The first-order valence-corrected chi connectivity index (χ1v) is 6.51. The molecule has 0 saturated carbocycles. The van der Waals surface area contributed by atoms with Gasteiger partial charge in [0.1, 0.15) is 4.99 Å². The molecule has 3 aromatic rings. The smallest absolute Gasteiger partial charge is 0.251 e. The van der Waals surface area contributed by atoms with Gasteiger partial charge in [-0.05, 0) is 12.1 Å². The number of aromatic nitrogens is 3. The van der Waals surface area contributed by atoms with E-state index in [-0.39, 0.29) is 4.99 Å². The highest BCUT2D eigenvalue weighted by Crippen LogP contribution is 2.20. The molecule has 1 amide bonds. The van der Waals surface area contributed by atoms with Crippen molar-refractivity contribution in [3.63, 3.8) is 0 Å². The average molecular weight is 297 g/mol. The van der Waals surface area contributed by atoms with Gasteiger partial charge in [-0.15, -0.1) is 0 Å². The van der Waals surface area contributed by atoms with Crippen LogP contribution in [0, 0.1) is 0 Å². The Morgan fingerprint density at radius 3 is 2.67 bits per heavy atom. The van der Waals surface area contributed by atoms with Crippen molar-refractivity contribution in [2.45, 2.75) is 0 Å². The zero-order chi connectivity index (χ0) is 15.0. The lowest BCUT2D eigenvalue weighted by Crippen LogP contribution is -2.12. The van der Waals surface area contributed by atoms with Gasteiger partial charge in [0.25, 0.3) is 5.91 Å². The number of hydrogen-bond donors (Lipinski definition) is 2. The van der Waals surface area contributed by atoms with Crippen molar-refractivity contribution in [1.29, 1.82) is 0 Å². The number of carbonyl (C=O) groups is 1. The Labute approximate surface area is 125 Å². The molecule has 7 heteroatoms. The van der Waals surface area contributed by atoms with Crippen LogP contribution in [0.2, 0.25) is 0 Å². The second-order valence-corrected chi connectivity index (χ2v) is 4.89. The zero-order valence-electron chi connectivity index (χ0n) is 10.9. The molecule has 2 aromatic heterocycles. The molecule has 2 heterocycles. The fraction of sp³-hybridized carbons (Fsp3) is 0. The molecular formula is C14H11N5OS. The topological polar surface area (TPSA) is 99.8 Å². The van der Waals surface area contributed by atoms with E-state index in [1.807, 2.05) is 24.3 Å². The van der Waals surface area contributed by atoms with E-state index in [0.717, 1.165) is 10.9 Å². The van der Waals surface area contributed by atoms with Crippen LogP contribution in [0.1, 0.15) is 15.9 Å². The Bertz CT molecular complexity index is 871. The molecule has 0 aliphatic heterocycles. The molecule has 21 heavy (non-hydrogen) atoms. The van der Waals surface area contributed by atoms with Crippen LogP contribution in [0.3, 0.4) is 0 Å². The summed E-state index contributed by atoms with van der Waals surface area (Å²) in [6.07, 6.45) is 2.91. The molecule has 1 aromatic carbocycles. The van der Waals surface area contributed by atoms with Crippen LogP contribution < -0.4 is 11.5 Å². The highest BCUT2D eigenvalue weighted by Gasteiger charge is 2.11. The molecule has 0 aliphatic carbocycles. The monoisotopic (exact) mass is 297 g/mol. The van der Waals surface area contributed by atoms with Gasteiger partial charge in [-0.2, -0.15) is 5.10 Å². The number of primary amides is 1.